The number of hydrogen-bond donors (Lipinski definition) is 3. The molecular weight excluding hydrogens is 514 g/mol. The van der Waals surface area contributed by atoms with Crippen molar-refractivity contribution >= 4 is 17.9 Å². The fraction of sp³-hybridized carbons (Fsp3) is 0.323. The molecule has 0 aromatic heterocycles. The van der Waals surface area contributed by atoms with Gasteiger partial charge < -0.3 is 29.7 Å². The summed E-state index contributed by atoms with van der Waals surface area (Å²) in [6, 6.07) is 23.9. The van der Waals surface area contributed by atoms with Crippen LogP contribution in [0.15, 0.2) is 85.5 Å². The molecule has 39 heavy (non-hydrogen) atoms. The largest absolute Gasteiger partial charge is 0.445 e. The summed E-state index contributed by atoms with van der Waals surface area (Å²) in [5, 5.41) is 21.4. The van der Waals surface area contributed by atoms with E-state index in [4.69, 9.17) is 14.2 Å². The molecule has 7 nitrogen and oxygen atoms in total. The van der Waals surface area contributed by atoms with Crippen LogP contribution >= 0.6 is 11.8 Å². The number of aliphatic hydroxyl groups is 2. The number of thioether (sulfide) groups is 1. The summed E-state index contributed by atoms with van der Waals surface area (Å²) in [6.07, 6.45) is 0.999. The van der Waals surface area contributed by atoms with Gasteiger partial charge in [0.1, 0.15) is 6.61 Å². The highest BCUT2D eigenvalue weighted by Gasteiger charge is 2.32. The summed E-state index contributed by atoms with van der Waals surface area (Å²) in [5.41, 5.74) is 5.79. The van der Waals surface area contributed by atoms with E-state index in [1.807, 2.05) is 66.7 Å². The summed E-state index contributed by atoms with van der Waals surface area (Å²) in [7, 11) is 0. The molecule has 1 amide bonds. The smallest absolute Gasteiger partial charge is 0.407 e. The predicted molar refractivity (Wildman–Crippen MR) is 153 cm³/mol. The minimum atomic E-state index is -0.551. The van der Waals surface area contributed by atoms with Gasteiger partial charge in [0, 0.05) is 30.0 Å². The van der Waals surface area contributed by atoms with Crippen molar-refractivity contribution in [2.75, 3.05) is 24.7 Å². The van der Waals surface area contributed by atoms with Crippen LogP contribution in [0.1, 0.15) is 41.1 Å². The van der Waals surface area contributed by atoms with E-state index in [2.05, 4.69) is 18.0 Å². The maximum atomic E-state index is 11.8. The van der Waals surface area contributed by atoms with Gasteiger partial charge in [0.15, 0.2) is 6.29 Å². The lowest BCUT2D eigenvalue weighted by Gasteiger charge is -2.36. The second-order valence-electron chi connectivity index (χ2n) is 9.22. The van der Waals surface area contributed by atoms with Crippen molar-refractivity contribution in [3.8, 4) is 11.1 Å². The molecule has 0 aliphatic carbocycles. The van der Waals surface area contributed by atoms with Gasteiger partial charge in [-0.1, -0.05) is 73.3 Å². The third-order valence-electron chi connectivity index (χ3n) is 6.34. The standard InChI is InChI=1S/C31H35NO6S/c1-2-14-36-31(35)32-19-23-5-3-6-25(16-23)26-7-4-8-27(17-26)30-37-28(21-39-15-13-33)18-29(38-30)24-11-9-22(20-34)10-12-24/h2-12,16-17,28-30,33-34H,1,13-15,18-21H2,(H,32,35). The molecule has 1 fully saturated rings. The van der Waals surface area contributed by atoms with Crippen LogP contribution in [-0.4, -0.2) is 47.1 Å². The number of carbonyl (C=O) groups is 1. The molecule has 0 saturated carbocycles. The Morgan fingerprint density at radius 3 is 2.51 bits per heavy atom. The molecular formula is C31H35NO6S. The van der Waals surface area contributed by atoms with Crippen molar-refractivity contribution in [3.05, 3.63) is 108 Å². The van der Waals surface area contributed by atoms with E-state index in [1.165, 1.54) is 6.08 Å². The second kappa shape index (κ2) is 14.9. The third-order valence-corrected chi connectivity index (χ3v) is 7.42. The first-order chi connectivity index (χ1) is 19.1. The van der Waals surface area contributed by atoms with Crippen molar-refractivity contribution in [2.24, 2.45) is 0 Å². The number of nitrogens with one attached hydrogen (secondary N) is 1. The lowest BCUT2D eigenvalue weighted by molar-refractivity contribution is -0.245. The van der Waals surface area contributed by atoms with Gasteiger partial charge >= 0.3 is 6.09 Å². The van der Waals surface area contributed by atoms with Crippen LogP contribution in [0, 0.1) is 0 Å². The number of hydrogen-bond acceptors (Lipinski definition) is 7. The highest BCUT2D eigenvalue weighted by molar-refractivity contribution is 7.99. The van der Waals surface area contributed by atoms with Crippen LogP contribution in [0.4, 0.5) is 4.79 Å². The number of amides is 1. The van der Waals surface area contributed by atoms with Gasteiger partial charge in [-0.2, -0.15) is 11.8 Å². The summed E-state index contributed by atoms with van der Waals surface area (Å²) in [4.78, 5) is 11.8. The van der Waals surface area contributed by atoms with Gasteiger partial charge in [0.2, 0.25) is 0 Å². The number of aliphatic hydroxyl groups excluding tert-OH is 2. The van der Waals surface area contributed by atoms with Crippen LogP contribution in [0.3, 0.4) is 0 Å². The molecule has 8 heteroatoms. The Morgan fingerprint density at radius 1 is 1.00 bits per heavy atom. The number of alkyl carbamates (subject to hydrolysis) is 1. The zero-order valence-corrected chi connectivity index (χ0v) is 22.6. The fourth-order valence-corrected chi connectivity index (χ4v) is 5.16. The van der Waals surface area contributed by atoms with Crippen molar-refractivity contribution in [2.45, 2.75) is 38.1 Å². The molecule has 3 atom stereocenters. The maximum Gasteiger partial charge on any atom is 0.407 e. The second-order valence-corrected chi connectivity index (χ2v) is 10.4. The maximum absolute atomic E-state index is 11.8. The molecule has 1 aliphatic rings. The van der Waals surface area contributed by atoms with Gasteiger partial charge in [-0.3, -0.25) is 0 Å². The zero-order chi connectivity index (χ0) is 27.5. The monoisotopic (exact) mass is 549 g/mol. The van der Waals surface area contributed by atoms with Gasteiger partial charge in [-0.05, 0) is 39.9 Å². The average Bonchev–Trinajstić information content (AvgIpc) is 2.99. The molecule has 0 bridgehead atoms. The quantitative estimate of drug-likeness (QED) is 0.202. The Balaban J connectivity index is 1.51. The molecule has 1 saturated heterocycles. The van der Waals surface area contributed by atoms with E-state index in [-0.39, 0.29) is 32.0 Å². The minimum absolute atomic E-state index is 0.00141. The fourth-order valence-electron chi connectivity index (χ4n) is 4.39. The Hall–Kier alpha value is -3.14. The number of benzene rings is 3. The third kappa shape index (κ3) is 8.42. The van der Waals surface area contributed by atoms with Crippen molar-refractivity contribution in [1.82, 2.24) is 5.32 Å². The SMILES string of the molecule is C=CCOC(=O)NCc1cccc(-c2cccc(C3OC(CSCCO)CC(c4ccc(CO)cc4)O3)c2)c1. The highest BCUT2D eigenvalue weighted by Crippen LogP contribution is 2.39. The molecule has 0 spiro atoms. The molecule has 206 valence electrons. The van der Waals surface area contributed by atoms with Crippen molar-refractivity contribution in [3.63, 3.8) is 0 Å². The number of ether oxygens (including phenoxy) is 3. The van der Waals surface area contributed by atoms with E-state index in [0.29, 0.717) is 18.7 Å². The predicted octanol–water partition coefficient (Wildman–Crippen LogP) is 5.53. The first kappa shape index (κ1) is 28.9. The molecule has 3 N–H and O–H groups in total. The summed E-state index contributed by atoms with van der Waals surface area (Å²) in [6.45, 7) is 4.19. The average molecular weight is 550 g/mol. The Morgan fingerprint density at radius 2 is 1.77 bits per heavy atom. The van der Waals surface area contributed by atoms with E-state index in [9.17, 15) is 15.0 Å². The molecule has 1 aliphatic heterocycles. The zero-order valence-electron chi connectivity index (χ0n) is 21.8. The molecule has 0 radical (unpaired) electrons. The van der Waals surface area contributed by atoms with Gasteiger partial charge in [0.25, 0.3) is 0 Å². The van der Waals surface area contributed by atoms with Gasteiger partial charge in [0.05, 0.1) is 25.4 Å². The molecule has 4 rings (SSSR count). The molecule has 3 aromatic rings. The normalized spacial score (nSPS) is 18.9. The van der Waals surface area contributed by atoms with Crippen LogP contribution in [0.25, 0.3) is 11.1 Å². The highest BCUT2D eigenvalue weighted by atomic mass is 32.2. The summed E-state index contributed by atoms with van der Waals surface area (Å²) in [5.74, 6) is 1.42. The van der Waals surface area contributed by atoms with Crippen molar-refractivity contribution < 1.29 is 29.2 Å². The Kier molecular flexibility index (Phi) is 11.0. The van der Waals surface area contributed by atoms with E-state index in [0.717, 1.165) is 39.1 Å². The first-order valence-electron chi connectivity index (χ1n) is 13.0. The van der Waals surface area contributed by atoms with Crippen LogP contribution in [0.2, 0.25) is 0 Å². The van der Waals surface area contributed by atoms with Crippen LogP contribution in [-0.2, 0) is 27.4 Å². The Bertz CT molecular complexity index is 1220. The first-order valence-corrected chi connectivity index (χ1v) is 14.1. The molecule has 1 heterocycles. The van der Waals surface area contributed by atoms with E-state index in [1.54, 1.807) is 11.8 Å². The lowest BCUT2D eigenvalue weighted by atomic mass is 9.99. The Labute approximate surface area is 233 Å². The minimum Gasteiger partial charge on any atom is -0.445 e. The van der Waals surface area contributed by atoms with Crippen LogP contribution in [0.5, 0.6) is 0 Å². The molecule has 3 unspecified atom stereocenters. The topological polar surface area (TPSA) is 97.3 Å². The summed E-state index contributed by atoms with van der Waals surface area (Å²) >= 11 is 1.67. The number of carbonyl (C=O) groups excluding carboxylic acids is 1. The van der Waals surface area contributed by atoms with E-state index < -0.39 is 12.4 Å². The number of rotatable bonds is 12. The van der Waals surface area contributed by atoms with Crippen LogP contribution < -0.4 is 5.32 Å². The van der Waals surface area contributed by atoms with E-state index >= 15 is 0 Å². The van der Waals surface area contributed by atoms with Gasteiger partial charge in [-0.15, -0.1) is 0 Å². The molecule has 3 aromatic carbocycles. The lowest BCUT2D eigenvalue weighted by Crippen LogP contribution is -2.31. The van der Waals surface area contributed by atoms with Crippen molar-refractivity contribution in [1.29, 1.82) is 0 Å². The summed E-state index contributed by atoms with van der Waals surface area (Å²) < 4.78 is 17.8. The van der Waals surface area contributed by atoms with Gasteiger partial charge in [-0.25, -0.2) is 4.79 Å².